The lowest BCUT2D eigenvalue weighted by molar-refractivity contribution is 0.226. The van der Waals surface area contributed by atoms with Crippen molar-refractivity contribution in [2.75, 3.05) is 6.61 Å². The standard InChI is InChI=1S/C18H22FNO.C2H6/c1-5-17(13-18(6-2)21-7-3)20-14(4)12-15-8-10-16(19)11-9-15;1-2/h5-6,8-11H,1,4,7,12-13H2,2-3H3;1-2H3/b18-6-,20-17?;. The van der Waals surface area contributed by atoms with Crippen LogP contribution < -0.4 is 0 Å². The van der Waals surface area contributed by atoms with Gasteiger partial charge < -0.3 is 4.74 Å². The van der Waals surface area contributed by atoms with Crippen LogP contribution in [0.15, 0.2) is 66.0 Å². The summed E-state index contributed by atoms with van der Waals surface area (Å²) in [5.74, 6) is 0.625. The maximum atomic E-state index is 12.9. The van der Waals surface area contributed by atoms with Crippen LogP contribution in [0.4, 0.5) is 4.39 Å². The number of ether oxygens (including phenoxy) is 1. The van der Waals surface area contributed by atoms with Gasteiger partial charge in [0.15, 0.2) is 0 Å². The molecule has 3 heteroatoms. The summed E-state index contributed by atoms with van der Waals surface area (Å²) in [6, 6.07) is 6.35. The van der Waals surface area contributed by atoms with E-state index in [1.807, 2.05) is 33.8 Å². The first kappa shape index (κ1) is 20.8. The number of aliphatic imine (C=N–C) groups is 1. The lowest BCUT2D eigenvalue weighted by Crippen LogP contribution is -2.01. The molecule has 0 aliphatic rings. The highest BCUT2D eigenvalue weighted by molar-refractivity contribution is 5.96. The Labute approximate surface area is 140 Å². The average molecular weight is 317 g/mol. The highest BCUT2D eigenvalue weighted by atomic mass is 19.1. The number of hydrogen-bond donors (Lipinski definition) is 0. The molecule has 1 rings (SSSR count). The maximum absolute atomic E-state index is 12.9. The molecule has 0 aliphatic carbocycles. The van der Waals surface area contributed by atoms with Gasteiger partial charge in [0.1, 0.15) is 5.82 Å². The van der Waals surface area contributed by atoms with Crippen molar-refractivity contribution in [2.45, 2.75) is 40.5 Å². The zero-order chi connectivity index (χ0) is 17.7. The van der Waals surface area contributed by atoms with Gasteiger partial charge in [0.2, 0.25) is 0 Å². The third-order valence-electron chi connectivity index (χ3n) is 2.87. The van der Waals surface area contributed by atoms with Gasteiger partial charge >= 0.3 is 0 Å². The summed E-state index contributed by atoms with van der Waals surface area (Å²) in [5.41, 5.74) is 2.50. The summed E-state index contributed by atoms with van der Waals surface area (Å²) in [7, 11) is 0. The van der Waals surface area contributed by atoms with Gasteiger partial charge in [0, 0.05) is 24.3 Å². The lowest BCUT2D eigenvalue weighted by atomic mass is 10.1. The third kappa shape index (κ3) is 8.77. The van der Waals surface area contributed by atoms with Gasteiger partial charge in [-0.15, -0.1) is 0 Å². The highest BCUT2D eigenvalue weighted by Gasteiger charge is 2.03. The summed E-state index contributed by atoms with van der Waals surface area (Å²) in [6.07, 6.45) is 4.80. The quantitative estimate of drug-likeness (QED) is 0.434. The van der Waals surface area contributed by atoms with E-state index in [0.29, 0.717) is 25.1 Å². The Morgan fingerprint density at radius 3 is 2.35 bits per heavy atom. The molecule has 0 amide bonds. The van der Waals surface area contributed by atoms with Gasteiger partial charge in [-0.1, -0.05) is 39.1 Å². The monoisotopic (exact) mass is 317 g/mol. The SMILES string of the molecule is C=CC(C/C(=C/C)OCC)=NC(=C)Cc1ccc(F)cc1.CC. The van der Waals surface area contributed by atoms with Crippen molar-refractivity contribution in [1.82, 2.24) is 0 Å². The largest absolute Gasteiger partial charge is 0.498 e. The summed E-state index contributed by atoms with van der Waals surface area (Å²) in [5, 5.41) is 0. The molecule has 0 aromatic heterocycles. The van der Waals surface area contributed by atoms with Crippen molar-refractivity contribution in [3.8, 4) is 0 Å². The Hall–Kier alpha value is -2.16. The van der Waals surface area contributed by atoms with Crippen LogP contribution in [0.1, 0.15) is 39.7 Å². The molecule has 0 heterocycles. The van der Waals surface area contributed by atoms with Crippen LogP contribution in [0.2, 0.25) is 0 Å². The number of rotatable bonds is 8. The van der Waals surface area contributed by atoms with E-state index in [9.17, 15) is 4.39 Å². The maximum Gasteiger partial charge on any atom is 0.123 e. The van der Waals surface area contributed by atoms with Gasteiger partial charge in [-0.3, -0.25) is 4.99 Å². The molecule has 0 saturated heterocycles. The first-order chi connectivity index (χ1) is 11.1. The summed E-state index contributed by atoms with van der Waals surface area (Å²) in [4.78, 5) is 4.47. The fourth-order valence-electron chi connectivity index (χ4n) is 1.84. The lowest BCUT2D eigenvalue weighted by Gasteiger charge is -2.09. The number of allylic oxidation sites excluding steroid dienone is 4. The van der Waals surface area contributed by atoms with Crippen LogP contribution in [0, 0.1) is 5.82 Å². The molecule has 0 spiro atoms. The predicted octanol–water partition coefficient (Wildman–Crippen LogP) is 5.87. The number of hydrogen-bond acceptors (Lipinski definition) is 2. The molecule has 2 nitrogen and oxygen atoms in total. The van der Waals surface area contributed by atoms with E-state index in [4.69, 9.17) is 4.74 Å². The van der Waals surface area contributed by atoms with E-state index < -0.39 is 0 Å². The normalized spacial score (nSPS) is 11.3. The molecular weight excluding hydrogens is 289 g/mol. The Bertz CT molecular complexity index is 541. The van der Waals surface area contributed by atoms with Crippen molar-refractivity contribution in [3.63, 3.8) is 0 Å². The molecule has 1 aromatic carbocycles. The van der Waals surface area contributed by atoms with Crippen LogP contribution in [0.25, 0.3) is 0 Å². The van der Waals surface area contributed by atoms with E-state index in [-0.39, 0.29) is 5.82 Å². The molecule has 0 radical (unpaired) electrons. The fourth-order valence-corrected chi connectivity index (χ4v) is 1.84. The number of halogens is 1. The second kappa shape index (κ2) is 12.4. The number of benzene rings is 1. The minimum absolute atomic E-state index is 0.242. The van der Waals surface area contributed by atoms with Gasteiger partial charge in [-0.05, 0) is 43.7 Å². The zero-order valence-corrected chi connectivity index (χ0v) is 14.7. The van der Waals surface area contributed by atoms with Gasteiger partial charge in [-0.2, -0.15) is 0 Å². The molecule has 0 bridgehead atoms. The Morgan fingerprint density at radius 2 is 1.87 bits per heavy atom. The van der Waals surface area contributed by atoms with E-state index in [0.717, 1.165) is 17.0 Å². The zero-order valence-electron chi connectivity index (χ0n) is 14.7. The second-order valence-electron chi connectivity index (χ2n) is 4.54. The van der Waals surface area contributed by atoms with Crippen molar-refractivity contribution in [1.29, 1.82) is 0 Å². The smallest absolute Gasteiger partial charge is 0.123 e. The van der Waals surface area contributed by atoms with E-state index in [1.165, 1.54) is 12.1 Å². The van der Waals surface area contributed by atoms with Crippen LogP contribution in [-0.4, -0.2) is 12.3 Å². The molecule has 0 N–H and O–H groups in total. The Morgan fingerprint density at radius 1 is 1.26 bits per heavy atom. The van der Waals surface area contributed by atoms with Crippen LogP contribution >= 0.6 is 0 Å². The third-order valence-corrected chi connectivity index (χ3v) is 2.87. The molecule has 1 aromatic rings. The van der Waals surface area contributed by atoms with Crippen LogP contribution in [-0.2, 0) is 11.2 Å². The topological polar surface area (TPSA) is 21.6 Å². The summed E-state index contributed by atoms with van der Waals surface area (Å²) < 4.78 is 18.4. The molecule has 0 aliphatic heterocycles. The highest BCUT2D eigenvalue weighted by Crippen LogP contribution is 2.12. The summed E-state index contributed by atoms with van der Waals surface area (Å²) >= 11 is 0. The van der Waals surface area contributed by atoms with Crippen LogP contribution in [0.3, 0.4) is 0 Å². The molecule has 0 saturated carbocycles. The van der Waals surface area contributed by atoms with E-state index >= 15 is 0 Å². The van der Waals surface area contributed by atoms with Crippen molar-refractivity contribution in [2.24, 2.45) is 4.99 Å². The summed E-state index contributed by atoms with van der Waals surface area (Å²) in [6.45, 7) is 16.2. The Kier molecular flexibility index (Phi) is 11.2. The molecule has 126 valence electrons. The minimum atomic E-state index is -0.242. The molecule has 0 atom stereocenters. The van der Waals surface area contributed by atoms with E-state index in [2.05, 4.69) is 18.2 Å². The Balaban J connectivity index is 0.00000232. The average Bonchev–Trinajstić information content (AvgIpc) is 2.57. The molecule has 0 fully saturated rings. The molecular formula is C20H28FNO. The van der Waals surface area contributed by atoms with Gasteiger partial charge in [-0.25, -0.2) is 4.39 Å². The molecule has 0 unspecified atom stereocenters. The predicted molar refractivity (Wildman–Crippen MR) is 98.2 cm³/mol. The first-order valence-electron chi connectivity index (χ1n) is 7.99. The fraction of sp³-hybridized carbons (Fsp3) is 0.350. The van der Waals surface area contributed by atoms with Gasteiger partial charge in [0.25, 0.3) is 0 Å². The number of nitrogens with zero attached hydrogens (tertiary/aromatic N) is 1. The second-order valence-corrected chi connectivity index (χ2v) is 4.54. The minimum Gasteiger partial charge on any atom is -0.498 e. The van der Waals surface area contributed by atoms with Gasteiger partial charge in [0.05, 0.1) is 12.4 Å². The van der Waals surface area contributed by atoms with Crippen molar-refractivity contribution >= 4 is 5.71 Å². The van der Waals surface area contributed by atoms with E-state index in [1.54, 1.807) is 18.2 Å². The van der Waals surface area contributed by atoms with Crippen LogP contribution in [0.5, 0.6) is 0 Å². The van der Waals surface area contributed by atoms with Crippen molar-refractivity contribution in [3.05, 3.63) is 72.4 Å². The first-order valence-corrected chi connectivity index (χ1v) is 7.99. The van der Waals surface area contributed by atoms with Crippen molar-refractivity contribution < 1.29 is 9.13 Å². The molecule has 23 heavy (non-hydrogen) atoms.